The second-order valence-corrected chi connectivity index (χ2v) is 6.28. The highest BCUT2D eigenvalue weighted by Gasteiger charge is 2.25. The molecule has 2 heterocycles. The highest BCUT2D eigenvalue weighted by molar-refractivity contribution is 5.89. The summed E-state index contributed by atoms with van der Waals surface area (Å²) in [6, 6.07) is 11.2. The number of hydrogen-bond donors (Lipinski definition) is 1. The van der Waals surface area contributed by atoms with E-state index in [1.54, 1.807) is 24.3 Å². The lowest BCUT2D eigenvalue weighted by Crippen LogP contribution is -2.42. The summed E-state index contributed by atoms with van der Waals surface area (Å²) >= 11 is 0. The molecule has 6 nitrogen and oxygen atoms in total. The molecule has 0 saturated heterocycles. The van der Waals surface area contributed by atoms with Crippen molar-refractivity contribution >= 4 is 5.97 Å². The zero-order valence-electron chi connectivity index (χ0n) is 14.6. The number of methoxy groups -OCH3 is 1. The minimum atomic E-state index is -0.606. The van der Waals surface area contributed by atoms with Crippen LogP contribution in [0.15, 0.2) is 42.6 Å². The zero-order chi connectivity index (χ0) is 17.8. The number of aliphatic hydroxyl groups excluding tert-OH is 1. The Morgan fingerprint density at radius 2 is 2.16 bits per heavy atom. The van der Waals surface area contributed by atoms with E-state index in [9.17, 15) is 9.90 Å². The molecule has 6 heteroatoms. The van der Waals surface area contributed by atoms with Crippen LogP contribution >= 0.6 is 0 Å². The van der Waals surface area contributed by atoms with E-state index in [2.05, 4.69) is 34.7 Å². The van der Waals surface area contributed by atoms with Crippen LogP contribution in [0.1, 0.15) is 29.0 Å². The van der Waals surface area contributed by atoms with E-state index >= 15 is 0 Å². The summed E-state index contributed by atoms with van der Waals surface area (Å²) in [5, 5.41) is 10.3. The molecule has 2 aromatic rings. The Labute approximate surface area is 147 Å². The van der Waals surface area contributed by atoms with E-state index in [1.165, 1.54) is 12.8 Å². The third-order valence-corrected chi connectivity index (χ3v) is 4.61. The van der Waals surface area contributed by atoms with Gasteiger partial charge in [0.2, 0.25) is 0 Å². The van der Waals surface area contributed by atoms with E-state index < -0.39 is 12.1 Å². The van der Waals surface area contributed by atoms with E-state index in [1.807, 2.05) is 0 Å². The lowest BCUT2D eigenvalue weighted by Gasteiger charge is -2.36. The molecular formula is C19H24N2O4. The fraction of sp³-hybridized carbons (Fsp3) is 0.421. The SMILES string of the molecule is COC(=O)c1cccc(OC[C@@H](O)CN2CCn3cccc3[C@@H]2C)c1. The van der Waals surface area contributed by atoms with Crippen LogP contribution in [0.5, 0.6) is 5.75 Å². The van der Waals surface area contributed by atoms with Crippen LogP contribution < -0.4 is 4.74 Å². The lowest BCUT2D eigenvalue weighted by atomic mass is 10.1. The van der Waals surface area contributed by atoms with Crippen molar-refractivity contribution in [3.63, 3.8) is 0 Å². The number of esters is 1. The van der Waals surface area contributed by atoms with Gasteiger partial charge in [0, 0.05) is 37.6 Å². The summed E-state index contributed by atoms with van der Waals surface area (Å²) in [7, 11) is 1.34. The lowest BCUT2D eigenvalue weighted by molar-refractivity contribution is 0.0452. The third kappa shape index (κ3) is 4.03. The van der Waals surface area contributed by atoms with E-state index in [0.29, 0.717) is 17.9 Å². The summed E-state index contributed by atoms with van der Waals surface area (Å²) in [5.74, 6) is 0.138. The maximum Gasteiger partial charge on any atom is 0.337 e. The third-order valence-electron chi connectivity index (χ3n) is 4.61. The molecule has 1 aromatic heterocycles. The molecule has 1 aliphatic heterocycles. The van der Waals surface area contributed by atoms with Crippen LogP contribution in [0.25, 0.3) is 0 Å². The van der Waals surface area contributed by atoms with Crippen molar-refractivity contribution in [3.05, 3.63) is 53.9 Å². The van der Waals surface area contributed by atoms with Crippen molar-refractivity contribution in [2.75, 3.05) is 26.8 Å². The molecule has 0 fully saturated rings. The summed E-state index contributed by atoms with van der Waals surface area (Å²) < 4.78 is 12.6. The quantitative estimate of drug-likeness (QED) is 0.813. The average molecular weight is 344 g/mol. The smallest absolute Gasteiger partial charge is 0.337 e. The van der Waals surface area contributed by atoms with Crippen molar-refractivity contribution in [2.45, 2.75) is 25.6 Å². The van der Waals surface area contributed by atoms with Crippen LogP contribution in [0, 0.1) is 0 Å². The molecule has 1 aliphatic rings. The van der Waals surface area contributed by atoms with Gasteiger partial charge in [0.25, 0.3) is 0 Å². The number of nitrogens with zero attached hydrogens (tertiary/aromatic N) is 2. The number of hydrogen-bond acceptors (Lipinski definition) is 5. The Balaban J connectivity index is 1.53. The minimum absolute atomic E-state index is 0.175. The van der Waals surface area contributed by atoms with Crippen molar-refractivity contribution in [2.24, 2.45) is 0 Å². The van der Waals surface area contributed by atoms with Gasteiger partial charge in [0.15, 0.2) is 0 Å². The maximum absolute atomic E-state index is 11.5. The first-order valence-corrected chi connectivity index (χ1v) is 8.47. The Hall–Kier alpha value is -2.31. The summed E-state index contributed by atoms with van der Waals surface area (Å²) in [5.41, 5.74) is 1.70. The van der Waals surface area contributed by atoms with Gasteiger partial charge in [-0.3, -0.25) is 4.90 Å². The van der Waals surface area contributed by atoms with Crippen LogP contribution in [0.3, 0.4) is 0 Å². The number of ether oxygens (including phenoxy) is 2. The van der Waals surface area contributed by atoms with E-state index in [0.717, 1.165) is 13.1 Å². The van der Waals surface area contributed by atoms with E-state index in [-0.39, 0.29) is 12.6 Å². The number of benzene rings is 1. The normalized spacial score (nSPS) is 18.4. The van der Waals surface area contributed by atoms with Crippen molar-refractivity contribution in [1.82, 2.24) is 9.47 Å². The first-order valence-electron chi connectivity index (χ1n) is 8.47. The molecule has 0 unspecified atom stereocenters. The summed E-state index contributed by atoms with van der Waals surface area (Å²) in [4.78, 5) is 13.8. The van der Waals surface area contributed by atoms with E-state index in [4.69, 9.17) is 9.47 Å². The van der Waals surface area contributed by atoms with Gasteiger partial charge >= 0.3 is 5.97 Å². The standard InChI is InChI=1S/C19H24N2O4/c1-14-18-7-4-8-20(18)9-10-21(14)12-16(22)13-25-17-6-3-5-15(11-17)19(23)24-2/h3-8,11,14,16,22H,9-10,12-13H2,1-2H3/t14-,16-/m0/s1. The average Bonchev–Trinajstić information content (AvgIpc) is 3.11. The van der Waals surface area contributed by atoms with Crippen molar-refractivity contribution < 1.29 is 19.4 Å². The first kappa shape index (κ1) is 17.5. The number of carbonyl (C=O) groups is 1. The fourth-order valence-corrected chi connectivity index (χ4v) is 3.22. The summed E-state index contributed by atoms with van der Waals surface area (Å²) in [6.45, 7) is 4.70. The molecule has 0 spiro atoms. The Bertz CT molecular complexity index is 728. The van der Waals surface area contributed by atoms with Crippen LogP contribution in [-0.4, -0.2) is 53.5 Å². The molecule has 25 heavy (non-hydrogen) atoms. The molecule has 1 aromatic carbocycles. The molecule has 0 saturated carbocycles. The Kier molecular flexibility index (Phi) is 5.40. The topological polar surface area (TPSA) is 63.9 Å². The maximum atomic E-state index is 11.5. The predicted octanol–water partition coefficient (Wildman–Crippen LogP) is 2.09. The predicted molar refractivity (Wildman–Crippen MR) is 93.7 cm³/mol. The highest BCUT2D eigenvalue weighted by atomic mass is 16.5. The molecule has 134 valence electrons. The molecule has 2 atom stereocenters. The van der Waals surface area contributed by atoms with Gasteiger partial charge in [-0.1, -0.05) is 6.07 Å². The van der Waals surface area contributed by atoms with Gasteiger partial charge in [-0.15, -0.1) is 0 Å². The van der Waals surface area contributed by atoms with Crippen LogP contribution in [0.2, 0.25) is 0 Å². The number of β-amino-alcohol motifs (C(OH)–C–C–N with tert-alkyl or cyclic N) is 1. The Morgan fingerprint density at radius 1 is 1.32 bits per heavy atom. The molecule has 3 rings (SSSR count). The highest BCUT2D eigenvalue weighted by Crippen LogP contribution is 2.25. The number of fused-ring (bicyclic) bond motifs is 1. The summed E-state index contributed by atoms with van der Waals surface area (Å²) in [6.07, 6.45) is 1.49. The first-order chi connectivity index (χ1) is 12.1. The fourth-order valence-electron chi connectivity index (χ4n) is 3.22. The molecule has 1 N–H and O–H groups in total. The zero-order valence-corrected chi connectivity index (χ0v) is 14.6. The largest absolute Gasteiger partial charge is 0.491 e. The van der Waals surface area contributed by atoms with Gasteiger partial charge in [0.1, 0.15) is 18.5 Å². The Morgan fingerprint density at radius 3 is 2.96 bits per heavy atom. The van der Waals surface area contributed by atoms with Gasteiger partial charge in [-0.05, 0) is 37.3 Å². The molecule has 0 aliphatic carbocycles. The number of aliphatic hydroxyl groups is 1. The monoisotopic (exact) mass is 344 g/mol. The van der Waals surface area contributed by atoms with Crippen LogP contribution in [-0.2, 0) is 11.3 Å². The molecule has 0 radical (unpaired) electrons. The van der Waals surface area contributed by atoms with Gasteiger partial charge in [-0.25, -0.2) is 4.79 Å². The van der Waals surface area contributed by atoms with Gasteiger partial charge < -0.3 is 19.1 Å². The molecule has 0 amide bonds. The second kappa shape index (κ2) is 7.72. The van der Waals surface area contributed by atoms with Crippen molar-refractivity contribution in [1.29, 1.82) is 0 Å². The number of carbonyl (C=O) groups excluding carboxylic acids is 1. The molecule has 0 bridgehead atoms. The van der Waals surface area contributed by atoms with Gasteiger partial charge in [-0.2, -0.15) is 0 Å². The second-order valence-electron chi connectivity index (χ2n) is 6.28. The number of rotatable bonds is 6. The molecular weight excluding hydrogens is 320 g/mol. The van der Waals surface area contributed by atoms with Crippen LogP contribution in [0.4, 0.5) is 0 Å². The van der Waals surface area contributed by atoms with Gasteiger partial charge in [0.05, 0.1) is 12.7 Å². The minimum Gasteiger partial charge on any atom is -0.491 e. The number of aromatic nitrogens is 1. The van der Waals surface area contributed by atoms with Crippen molar-refractivity contribution in [3.8, 4) is 5.75 Å².